The second kappa shape index (κ2) is 7.60. The van der Waals surface area contributed by atoms with E-state index in [0.717, 1.165) is 0 Å². The van der Waals surface area contributed by atoms with Crippen LogP contribution < -0.4 is 10.1 Å². The molecule has 0 spiro atoms. The molecular weight excluding hydrogens is 334 g/mol. The van der Waals surface area contributed by atoms with Crippen LogP contribution in [0.4, 0.5) is 5.69 Å². The molecule has 1 N–H and O–H groups in total. The van der Waals surface area contributed by atoms with E-state index in [1.54, 1.807) is 24.3 Å². The first-order valence-electron chi connectivity index (χ1n) is 6.84. The number of anilines is 1. The van der Waals surface area contributed by atoms with Crippen molar-refractivity contribution >= 4 is 28.2 Å². The number of ether oxygens (including phenoxy) is 1. The van der Waals surface area contributed by atoms with Gasteiger partial charge in [-0.05, 0) is 30.3 Å². The SMILES string of the molecule is COc1ccc(NC=O)cc1CS(=O)(=O)OC(=O)c1ccccc1. The molecule has 8 heteroatoms. The molecule has 0 radical (unpaired) electrons. The Hall–Kier alpha value is -2.87. The van der Waals surface area contributed by atoms with Crippen molar-refractivity contribution in [2.75, 3.05) is 12.4 Å². The molecule has 0 saturated carbocycles. The fraction of sp³-hybridized carbons (Fsp3) is 0.125. The summed E-state index contributed by atoms with van der Waals surface area (Å²) in [5.41, 5.74) is 0.778. The molecule has 0 heterocycles. The van der Waals surface area contributed by atoms with Crippen LogP contribution in [0.2, 0.25) is 0 Å². The lowest BCUT2D eigenvalue weighted by Gasteiger charge is -2.11. The highest BCUT2D eigenvalue weighted by atomic mass is 32.2. The van der Waals surface area contributed by atoms with Gasteiger partial charge in [0.2, 0.25) is 6.41 Å². The lowest BCUT2D eigenvalue weighted by atomic mass is 10.2. The zero-order valence-corrected chi connectivity index (χ0v) is 13.6. The van der Waals surface area contributed by atoms with Crippen molar-refractivity contribution in [3.05, 3.63) is 59.7 Å². The summed E-state index contributed by atoms with van der Waals surface area (Å²) in [6, 6.07) is 12.3. The van der Waals surface area contributed by atoms with Gasteiger partial charge in [0, 0.05) is 11.3 Å². The van der Waals surface area contributed by atoms with Crippen LogP contribution in [0.25, 0.3) is 0 Å². The van der Waals surface area contributed by atoms with Gasteiger partial charge in [-0.2, -0.15) is 8.42 Å². The van der Waals surface area contributed by atoms with Crippen LogP contribution in [0.5, 0.6) is 5.75 Å². The van der Waals surface area contributed by atoms with E-state index in [9.17, 15) is 18.0 Å². The summed E-state index contributed by atoms with van der Waals surface area (Å²) in [7, 11) is -2.81. The smallest absolute Gasteiger partial charge is 0.353 e. The molecule has 0 saturated heterocycles. The van der Waals surface area contributed by atoms with Gasteiger partial charge in [-0.25, -0.2) is 4.79 Å². The van der Waals surface area contributed by atoms with Crippen LogP contribution in [0.1, 0.15) is 15.9 Å². The molecule has 0 aliphatic carbocycles. The second-order valence-electron chi connectivity index (χ2n) is 4.73. The van der Waals surface area contributed by atoms with E-state index < -0.39 is 21.8 Å². The fourth-order valence-electron chi connectivity index (χ4n) is 2.01. The van der Waals surface area contributed by atoms with Crippen LogP contribution in [0.15, 0.2) is 48.5 Å². The highest BCUT2D eigenvalue weighted by molar-refractivity contribution is 7.86. The van der Waals surface area contributed by atoms with Crippen LogP contribution in [0.3, 0.4) is 0 Å². The molecule has 2 rings (SSSR count). The summed E-state index contributed by atoms with van der Waals surface area (Å²) in [6.07, 6.45) is 0.468. The molecule has 126 valence electrons. The molecule has 7 nitrogen and oxygen atoms in total. The Morgan fingerprint density at radius 2 is 1.88 bits per heavy atom. The first kappa shape index (κ1) is 17.5. The molecule has 0 atom stereocenters. The summed E-state index contributed by atoms with van der Waals surface area (Å²) < 4.78 is 34.0. The predicted octanol–water partition coefficient (Wildman–Crippen LogP) is 1.95. The maximum Gasteiger partial charge on any atom is 0.353 e. The van der Waals surface area contributed by atoms with Crippen molar-refractivity contribution in [3.8, 4) is 5.75 Å². The molecule has 0 aromatic heterocycles. The quantitative estimate of drug-likeness (QED) is 0.606. The Kier molecular flexibility index (Phi) is 5.54. The van der Waals surface area contributed by atoms with Gasteiger partial charge in [0.1, 0.15) is 11.5 Å². The Labute approximate surface area is 139 Å². The van der Waals surface area contributed by atoms with Gasteiger partial charge in [-0.1, -0.05) is 18.2 Å². The van der Waals surface area contributed by atoms with Gasteiger partial charge in [0.25, 0.3) is 0 Å². The third-order valence-electron chi connectivity index (χ3n) is 3.05. The topological polar surface area (TPSA) is 98.8 Å². The van der Waals surface area contributed by atoms with Gasteiger partial charge in [-0.15, -0.1) is 0 Å². The van der Waals surface area contributed by atoms with Crippen molar-refractivity contribution in [1.29, 1.82) is 0 Å². The molecule has 0 aliphatic rings. The van der Waals surface area contributed by atoms with Gasteiger partial charge < -0.3 is 14.2 Å². The molecule has 0 fully saturated rings. The zero-order chi connectivity index (χ0) is 17.6. The minimum Gasteiger partial charge on any atom is -0.496 e. The van der Waals surface area contributed by atoms with Crippen LogP contribution in [-0.4, -0.2) is 27.9 Å². The number of carbonyl (C=O) groups excluding carboxylic acids is 2. The van der Waals surface area contributed by atoms with Crippen molar-refractivity contribution in [2.24, 2.45) is 0 Å². The molecule has 1 amide bonds. The number of carbonyl (C=O) groups is 2. The van der Waals surface area contributed by atoms with E-state index in [1.807, 2.05) is 0 Å². The highest BCUT2D eigenvalue weighted by Crippen LogP contribution is 2.25. The first-order valence-corrected chi connectivity index (χ1v) is 8.41. The minimum absolute atomic E-state index is 0.129. The maximum absolute atomic E-state index is 12.1. The van der Waals surface area contributed by atoms with Gasteiger partial charge >= 0.3 is 16.1 Å². The zero-order valence-electron chi connectivity index (χ0n) is 12.8. The van der Waals surface area contributed by atoms with E-state index in [1.165, 1.54) is 31.4 Å². The maximum atomic E-state index is 12.1. The van der Waals surface area contributed by atoms with Crippen LogP contribution >= 0.6 is 0 Å². The number of hydrogen-bond acceptors (Lipinski definition) is 6. The van der Waals surface area contributed by atoms with Crippen molar-refractivity contribution in [2.45, 2.75) is 5.75 Å². The minimum atomic E-state index is -4.19. The number of hydrogen-bond donors (Lipinski definition) is 1. The average molecular weight is 349 g/mol. The monoisotopic (exact) mass is 349 g/mol. The molecule has 24 heavy (non-hydrogen) atoms. The summed E-state index contributed by atoms with van der Waals surface area (Å²) in [4.78, 5) is 22.4. The Morgan fingerprint density at radius 3 is 2.50 bits per heavy atom. The summed E-state index contributed by atoms with van der Waals surface area (Å²) in [5.74, 6) is -1.24. The van der Waals surface area contributed by atoms with Crippen LogP contribution in [0, 0.1) is 0 Å². The molecule has 2 aromatic rings. The third kappa shape index (κ3) is 4.56. The first-order chi connectivity index (χ1) is 11.4. The van der Waals surface area contributed by atoms with E-state index in [0.29, 0.717) is 17.8 Å². The van der Waals surface area contributed by atoms with Gasteiger partial charge in [0.05, 0.1) is 12.7 Å². The van der Waals surface area contributed by atoms with Crippen molar-refractivity contribution < 1.29 is 26.9 Å². The Balaban J connectivity index is 2.20. The lowest BCUT2D eigenvalue weighted by Crippen LogP contribution is -2.15. The number of nitrogens with one attached hydrogen (secondary N) is 1. The Morgan fingerprint density at radius 1 is 1.17 bits per heavy atom. The van der Waals surface area contributed by atoms with Gasteiger partial charge in [0.15, 0.2) is 0 Å². The van der Waals surface area contributed by atoms with E-state index in [2.05, 4.69) is 9.50 Å². The number of methoxy groups -OCH3 is 1. The van der Waals surface area contributed by atoms with E-state index in [-0.39, 0.29) is 11.1 Å². The number of benzene rings is 2. The number of rotatable bonds is 7. The van der Waals surface area contributed by atoms with Crippen molar-refractivity contribution in [1.82, 2.24) is 0 Å². The lowest BCUT2D eigenvalue weighted by molar-refractivity contribution is -0.105. The van der Waals surface area contributed by atoms with Crippen molar-refractivity contribution in [3.63, 3.8) is 0 Å². The molecule has 0 aliphatic heterocycles. The number of amides is 1. The Bertz CT molecular complexity index is 833. The second-order valence-corrected chi connectivity index (χ2v) is 6.30. The van der Waals surface area contributed by atoms with Crippen LogP contribution in [-0.2, 0) is 24.8 Å². The summed E-state index contributed by atoms with van der Waals surface area (Å²) >= 11 is 0. The largest absolute Gasteiger partial charge is 0.496 e. The van der Waals surface area contributed by atoms with Gasteiger partial charge in [-0.3, -0.25) is 4.79 Å². The van der Waals surface area contributed by atoms with E-state index in [4.69, 9.17) is 4.74 Å². The normalized spacial score (nSPS) is 10.7. The predicted molar refractivity (Wildman–Crippen MR) is 87.2 cm³/mol. The molecular formula is C16H15NO6S. The highest BCUT2D eigenvalue weighted by Gasteiger charge is 2.21. The molecule has 0 unspecified atom stereocenters. The molecule has 2 aromatic carbocycles. The summed E-state index contributed by atoms with van der Waals surface area (Å²) in [5, 5.41) is 2.41. The third-order valence-corrected chi connectivity index (χ3v) is 4.12. The fourth-order valence-corrected chi connectivity index (χ4v) is 3.00. The van der Waals surface area contributed by atoms with E-state index >= 15 is 0 Å². The molecule has 0 bridgehead atoms. The standard InChI is InChI=1S/C16H15NO6S/c1-22-15-8-7-14(17-11-18)9-13(15)10-24(20,21)23-16(19)12-5-3-2-4-6-12/h2-9,11H,10H2,1H3,(H,17,18). The summed E-state index contributed by atoms with van der Waals surface area (Å²) in [6.45, 7) is 0. The average Bonchev–Trinajstić information content (AvgIpc) is 2.55.